The second-order valence-corrected chi connectivity index (χ2v) is 4.26. The van der Waals surface area contributed by atoms with Crippen molar-refractivity contribution in [3.63, 3.8) is 0 Å². The Morgan fingerprint density at radius 1 is 1.31 bits per heavy atom. The average Bonchev–Trinajstić information content (AvgIpc) is 2.15. The van der Waals surface area contributed by atoms with E-state index in [0.29, 0.717) is 0 Å². The summed E-state index contributed by atoms with van der Waals surface area (Å²) in [5.74, 6) is -1.53. The van der Waals surface area contributed by atoms with E-state index in [1.165, 1.54) is 6.92 Å². The Morgan fingerprint density at radius 3 is 2.25 bits per heavy atom. The van der Waals surface area contributed by atoms with Crippen LogP contribution in [0.15, 0.2) is 4.36 Å². The molecule has 0 aromatic rings. The summed E-state index contributed by atoms with van der Waals surface area (Å²) in [7, 11) is -2.69. The summed E-state index contributed by atoms with van der Waals surface area (Å²) in [4.78, 5) is 22.2. The molecule has 0 aliphatic carbocycles. The molecule has 0 rings (SSSR count). The van der Waals surface area contributed by atoms with Gasteiger partial charge in [-0.05, 0) is 12.3 Å². The van der Waals surface area contributed by atoms with Crippen LogP contribution in [-0.4, -0.2) is 26.4 Å². The molecule has 0 aliphatic heterocycles. The number of ether oxygens (including phenoxy) is 1. The third-order valence-corrected chi connectivity index (χ3v) is 2.11. The maximum Gasteiger partial charge on any atom is 0.339 e. The van der Waals surface area contributed by atoms with E-state index in [0.717, 1.165) is 0 Å². The van der Waals surface area contributed by atoms with Gasteiger partial charge >= 0.3 is 22.4 Å². The van der Waals surface area contributed by atoms with E-state index >= 15 is 0 Å². The molecule has 0 aliphatic rings. The Bertz CT molecular complexity index is 377. The second-order valence-electron chi connectivity index (χ2n) is 3.61. The van der Waals surface area contributed by atoms with Crippen molar-refractivity contribution < 1.29 is 22.7 Å². The summed E-state index contributed by atoms with van der Waals surface area (Å²) in [5.41, 5.74) is 0. The minimum absolute atomic E-state index is 0.0562. The van der Waals surface area contributed by atoms with Gasteiger partial charge in [0.1, 0.15) is 0 Å². The highest BCUT2D eigenvalue weighted by molar-refractivity contribution is 7.61. The molecule has 0 radical (unpaired) electrons. The second kappa shape index (κ2) is 7.10. The van der Waals surface area contributed by atoms with Gasteiger partial charge in [0.15, 0.2) is 6.04 Å². The maximum atomic E-state index is 11.4. The van der Waals surface area contributed by atoms with Crippen LogP contribution in [0.25, 0.3) is 0 Å². The van der Waals surface area contributed by atoms with Crippen LogP contribution < -0.4 is 0 Å². The van der Waals surface area contributed by atoms with Crippen LogP contribution in [0.5, 0.6) is 0 Å². The summed E-state index contributed by atoms with van der Waals surface area (Å²) in [6, 6.07) is -1.13. The zero-order valence-electron chi connectivity index (χ0n) is 9.47. The van der Waals surface area contributed by atoms with Crippen molar-refractivity contribution in [2.75, 3.05) is 0 Å². The molecule has 7 heteroatoms. The van der Waals surface area contributed by atoms with E-state index in [-0.39, 0.29) is 18.8 Å². The van der Waals surface area contributed by atoms with Gasteiger partial charge in [-0.2, -0.15) is 12.8 Å². The predicted molar refractivity (Wildman–Crippen MR) is 56.0 cm³/mol. The predicted octanol–water partition coefficient (Wildman–Crippen LogP) is 0.944. The molecule has 0 amide bonds. The lowest BCUT2D eigenvalue weighted by Gasteiger charge is -2.10. The lowest BCUT2D eigenvalue weighted by Crippen LogP contribution is -2.25. The van der Waals surface area contributed by atoms with Gasteiger partial charge in [0.2, 0.25) is 0 Å². The van der Waals surface area contributed by atoms with E-state index in [9.17, 15) is 18.0 Å². The minimum atomic E-state index is -2.69. The Labute approximate surface area is 95.7 Å². The van der Waals surface area contributed by atoms with E-state index in [1.54, 1.807) is 0 Å². The molecule has 6 nitrogen and oxygen atoms in total. The third-order valence-electron chi connectivity index (χ3n) is 1.68. The molecular formula is C9H15NO5S. The first-order valence-corrected chi connectivity index (χ1v) is 5.94. The molecule has 0 saturated heterocycles. The van der Waals surface area contributed by atoms with E-state index in [4.69, 9.17) is 0 Å². The number of hydrogen-bond donors (Lipinski definition) is 0. The SMILES string of the molecule is CCC(=O)OC(=O)[C@H](CC(C)C)N=S(=O)=O. The molecule has 0 heterocycles. The highest BCUT2D eigenvalue weighted by Gasteiger charge is 2.23. The van der Waals surface area contributed by atoms with Gasteiger partial charge in [0, 0.05) is 6.42 Å². The van der Waals surface area contributed by atoms with Gasteiger partial charge in [0.05, 0.1) is 0 Å². The fraction of sp³-hybridized carbons (Fsp3) is 0.778. The van der Waals surface area contributed by atoms with Gasteiger partial charge in [-0.15, -0.1) is 0 Å². The number of rotatable bonds is 5. The molecule has 16 heavy (non-hydrogen) atoms. The first-order valence-electron chi connectivity index (χ1n) is 4.91. The van der Waals surface area contributed by atoms with Crippen LogP contribution in [0.1, 0.15) is 33.6 Å². The van der Waals surface area contributed by atoms with E-state index < -0.39 is 28.5 Å². The van der Waals surface area contributed by atoms with E-state index in [2.05, 4.69) is 9.10 Å². The van der Waals surface area contributed by atoms with Gasteiger partial charge in [-0.1, -0.05) is 20.8 Å². The molecule has 0 unspecified atom stereocenters. The summed E-state index contributed by atoms with van der Waals surface area (Å²) in [6.45, 7) is 5.16. The average molecular weight is 249 g/mol. The topological polar surface area (TPSA) is 89.9 Å². The van der Waals surface area contributed by atoms with Crippen LogP contribution in [0, 0.1) is 5.92 Å². The molecule has 0 N–H and O–H groups in total. The molecule has 0 bridgehead atoms. The highest BCUT2D eigenvalue weighted by Crippen LogP contribution is 2.10. The number of nitrogens with zero attached hydrogens (tertiary/aromatic N) is 1. The first kappa shape index (κ1) is 14.8. The van der Waals surface area contributed by atoms with Crippen molar-refractivity contribution in [2.24, 2.45) is 10.3 Å². The third kappa shape index (κ3) is 6.28. The van der Waals surface area contributed by atoms with Crippen LogP contribution in [-0.2, 0) is 24.8 Å². The molecule has 0 fully saturated rings. The van der Waals surface area contributed by atoms with Crippen LogP contribution in [0.4, 0.5) is 0 Å². The summed E-state index contributed by atoms with van der Waals surface area (Å²) in [5, 5.41) is 0. The molecule has 1 atom stereocenters. The Hall–Kier alpha value is -1.24. The number of hydrogen-bond acceptors (Lipinski definition) is 6. The van der Waals surface area contributed by atoms with Crippen molar-refractivity contribution in [3.8, 4) is 0 Å². The van der Waals surface area contributed by atoms with Crippen molar-refractivity contribution in [1.29, 1.82) is 0 Å². The summed E-state index contributed by atoms with van der Waals surface area (Å²) < 4.78 is 28.4. The molecule has 0 saturated carbocycles. The van der Waals surface area contributed by atoms with Gasteiger partial charge in [-0.3, -0.25) is 4.79 Å². The fourth-order valence-corrected chi connectivity index (χ4v) is 1.37. The van der Waals surface area contributed by atoms with Gasteiger partial charge in [0.25, 0.3) is 0 Å². The summed E-state index contributed by atoms with van der Waals surface area (Å²) in [6.07, 6.45) is 0.282. The standard InChI is InChI=1S/C9H15NO5S/c1-4-8(11)15-9(12)7(5-6(2)3)10-16(13)14/h6-7H,4-5H2,1-3H3/t7-/m0/s1. The minimum Gasteiger partial charge on any atom is -0.392 e. The fourth-order valence-electron chi connectivity index (χ4n) is 0.985. The smallest absolute Gasteiger partial charge is 0.339 e. The van der Waals surface area contributed by atoms with Crippen molar-refractivity contribution in [2.45, 2.75) is 39.7 Å². The Morgan fingerprint density at radius 2 is 1.88 bits per heavy atom. The Balaban J connectivity index is 4.69. The maximum absolute atomic E-state index is 11.4. The highest BCUT2D eigenvalue weighted by atomic mass is 32.2. The van der Waals surface area contributed by atoms with Crippen molar-refractivity contribution in [3.05, 3.63) is 0 Å². The molecule has 0 aromatic heterocycles. The molecule has 92 valence electrons. The lowest BCUT2D eigenvalue weighted by atomic mass is 10.1. The molecule has 0 spiro atoms. The quantitative estimate of drug-likeness (QED) is 0.534. The molecular weight excluding hydrogens is 234 g/mol. The van der Waals surface area contributed by atoms with Gasteiger partial charge in [-0.25, -0.2) is 4.79 Å². The van der Waals surface area contributed by atoms with E-state index in [1.807, 2.05) is 13.8 Å². The monoisotopic (exact) mass is 249 g/mol. The molecule has 0 aromatic carbocycles. The van der Waals surface area contributed by atoms with Crippen molar-refractivity contribution in [1.82, 2.24) is 0 Å². The zero-order chi connectivity index (χ0) is 12.7. The van der Waals surface area contributed by atoms with Gasteiger partial charge < -0.3 is 4.74 Å². The van der Waals surface area contributed by atoms with Crippen LogP contribution >= 0.6 is 0 Å². The van der Waals surface area contributed by atoms with Crippen LogP contribution in [0.3, 0.4) is 0 Å². The number of esters is 2. The summed E-state index contributed by atoms with van der Waals surface area (Å²) >= 11 is 0. The lowest BCUT2D eigenvalue weighted by molar-refractivity contribution is -0.160. The Kier molecular flexibility index (Phi) is 6.55. The number of carbonyl (C=O) groups excluding carboxylic acids is 2. The zero-order valence-corrected chi connectivity index (χ0v) is 10.3. The first-order chi connectivity index (χ1) is 7.36. The number of carbonyl (C=O) groups is 2. The van der Waals surface area contributed by atoms with Crippen LogP contribution in [0.2, 0.25) is 0 Å². The normalized spacial score (nSPS) is 12.0. The largest absolute Gasteiger partial charge is 0.392 e. The van der Waals surface area contributed by atoms with Crippen molar-refractivity contribution >= 4 is 22.4 Å².